The van der Waals surface area contributed by atoms with Gasteiger partial charge in [0, 0.05) is 68.9 Å². The molecular weight excluding hydrogens is 853 g/mol. The van der Waals surface area contributed by atoms with Crippen molar-refractivity contribution in [1.29, 1.82) is 0 Å². The van der Waals surface area contributed by atoms with Gasteiger partial charge in [-0.3, -0.25) is 23.9 Å². The van der Waals surface area contributed by atoms with Gasteiger partial charge < -0.3 is 53.6 Å². The van der Waals surface area contributed by atoms with Crippen molar-refractivity contribution in [3.8, 4) is 5.69 Å². The maximum atomic E-state index is 14.4. The van der Waals surface area contributed by atoms with Crippen LogP contribution in [0.4, 0.5) is 0 Å². The minimum absolute atomic E-state index is 0.0660. The van der Waals surface area contributed by atoms with Gasteiger partial charge in [-0.2, -0.15) is 0 Å². The lowest BCUT2D eigenvalue weighted by molar-refractivity contribution is -0.319. The minimum Gasteiger partial charge on any atom is -0.459 e. The number of pyridine rings is 1. The molecule has 0 bridgehead atoms. The second-order valence-electron chi connectivity index (χ2n) is 20.2. The lowest BCUT2D eigenvalue weighted by Crippen LogP contribution is -2.61. The van der Waals surface area contributed by atoms with Crippen LogP contribution in [0.15, 0.2) is 47.4 Å². The van der Waals surface area contributed by atoms with Crippen LogP contribution in [0, 0.1) is 30.6 Å². The highest BCUT2D eigenvalue weighted by molar-refractivity contribution is 5.83. The lowest BCUT2D eigenvalue weighted by atomic mass is 9.74. The molecule has 0 spiro atoms. The summed E-state index contributed by atoms with van der Waals surface area (Å²) in [6, 6.07) is 10.6. The van der Waals surface area contributed by atoms with Gasteiger partial charge in [-0.25, -0.2) is 0 Å². The van der Waals surface area contributed by atoms with E-state index in [1.165, 1.54) is 21.1 Å². The Morgan fingerprint density at radius 3 is 2.08 bits per heavy atom. The van der Waals surface area contributed by atoms with Gasteiger partial charge in [-0.1, -0.05) is 45.9 Å². The molecule has 5 rings (SSSR count). The largest absolute Gasteiger partial charge is 0.459 e. The van der Waals surface area contributed by atoms with E-state index in [4.69, 9.17) is 33.2 Å². The maximum Gasteiger partial charge on any atom is 0.311 e. The summed E-state index contributed by atoms with van der Waals surface area (Å²) in [5.41, 5.74) is -1.87. The van der Waals surface area contributed by atoms with E-state index in [-0.39, 0.29) is 36.7 Å². The predicted octanol–water partition coefficient (Wildman–Crippen LogP) is 4.47. The van der Waals surface area contributed by atoms with Crippen molar-refractivity contribution in [1.82, 2.24) is 9.47 Å². The second-order valence-corrected chi connectivity index (χ2v) is 20.2. The van der Waals surface area contributed by atoms with Gasteiger partial charge in [0.1, 0.15) is 29.7 Å². The molecule has 3 unspecified atom stereocenters. The zero-order chi connectivity index (χ0) is 49.2. The van der Waals surface area contributed by atoms with E-state index in [9.17, 15) is 34.8 Å². The van der Waals surface area contributed by atoms with Gasteiger partial charge in [-0.15, -0.1) is 0 Å². The molecule has 3 aliphatic rings. The van der Waals surface area contributed by atoms with E-state index < -0.39 is 108 Å². The van der Waals surface area contributed by atoms with Gasteiger partial charge in [0.25, 0.3) is 5.56 Å². The normalized spacial score (nSPS) is 41.0. The summed E-state index contributed by atoms with van der Waals surface area (Å²) >= 11 is 0. The van der Waals surface area contributed by atoms with Crippen molar-refractivity contribution in [2.45, 2.75) is 193 Å². The quantitative estimate of drug-likeness (QED) is 0.230. The van der Waals surface area contributed by atoms with Gasteiger partial charge in [0.2, 0.25) is 0 Å². The first-order valence-corrected chi connectivity index (χ1v) is 23.5. The number of Topliss-reactive ketones (excluding diaryl/α,β-unsaturated/α-hetero) is 1. The number of nitrogens with zero attached hydrogens (tertiary/aromatic N) is 2. The van der Waals surface area contributed by atoms with Crippen molar-refractivity contribution in [2.75, 3.05) is 21.3 Å². The SMILES string of the molecule is CCC1OC(=O)[C@H](C)[C@H](OC2C[C@@](C)(OC)[C@@H](O)[C@H](C)O2)[C@H](C)[C@@H](OC2O[C@H](C)C[C@H](N(C)Cc3ccc(-n4cc(C)ccc4=O)cc3)[C@H]2O)[C@@](C)(OC)C[C@@H](C)C(=O)[C@H](C)[C@@H](O)[C@]1(C)O. The molecule has 2 aromatic rings. The molecule has 0 saturated carbocycles. The predicted molar refractivity (Wildman–Crippen MR) is 246 cm³/mol. The number of ketones is 1. The van der Waals surface area contributed by atoms with Crippen molar-refractivity contribution in [3.05, 3.63) is 64.1 Å². The van der Waals surface area contributed by atoms with Gasteiger partial charge >= 0.3 is 5.97 Å². The summed E-state index contributed by atoms with van der Waals surface area (Å²) in [5.74, 6) is -4.73. The molecule has 1 aromatic heterocycles. The van der Waals surface area contributed by atoms with E-state index in [1.807, 2.05) is 57.0 Å². The highest BCUT2D eigenvalue weighted by Gasteiger charge is 2.54. The van der Waals surface area contributed by atoms with Crippen molar-refractivity contribution < 1.29 is 63.2 Å². The number of methoxy groups -OCH3 is 2. The molecule has 66 heavy (non-hydrogen) atoms. The van der Waals surface area contributed by atoms with Crippen LogP contribution < -0.4 is 5.56 Å². The van der Waals surface area contributed by atoms with Gasteiger partial charge in [0.15, 0.2) is 12.6 Å². The fraction of sp³-hybridized carbons (Fsp3) is 0.740. The molecule has 0 radical (unpaired) electrons. The van der Waals surface area contributed by atoms with E-state index in [2.05, 4.69) is 0 Å². The van der Waals surface area contributed by atoms with E-state index in [0.29, 0.717) is 13.0 Å². The van der Waals surface area contributed by atoms with Crippen LogP contribution in [0.1, 0.15) is 106 Å². The Morgan fingerprint density at radius 2 is 1.47 bits per heavy atom. The van der Waals surface area contributed by atoms with Crippen LogP contribution >= 0.6 is 0 Å². The number of cyclic esters (lactones) is 1. The summed E-state index contributed by atoms with van der Waals surface area (Å²) in [6.45, 7) is 19.4. The molecule has 16 nitrogen and oxygen atoms in total. The first-order chi connectivity index (χ1) is 30.8. The molecule has 3 fully saturated rings. The van der Waals surface area contributed by atoms with Crippen LogP contribution in [0.3, 0.4) is 0 Å². The fourth-order valence-electron chi connectivity index (χ4n) is 10.5. The Bertz CT molecular complexity index is 2000. The first kappa shape index (κ1) is 53.8. The highest BCUT2D eigenvalue weighted by atomic mass is 16.7. The number of aromatic nitrogens is 1. The third-order valence-corrected chi connectivity index (χ3v) is 14.9. The van der Waals surface area contributed by atoms with Crippen molar-refractivity contribution in [3.63, 3.8) is 0 Å². The number of esters is 1. The summed E-state index contributed by atoms with van der Waals surface area (Å²) in [4.78, 5) is 43.3. The standard InChI is InChI=1S/C50H78N2O14/c1-15-37-50(11,59)43(56)30(5)40(54)28(3)23-49(10,61-14)45(31(6)42(32(7)46(58)64-37)65-39-24-48(9,60-13)44(57)33(8)63-39)66-47-41(55)36(22-29(4)62-47)51(12)26-34-17-19-35(20-18-34)52-25-27(2)16-21-38(52)53/h16-21,25,28-33,36-37,39,41-45,47,55-57,59H,15,22-24,26H2,1-14H3/t28-,29-,30+,31+,32-,33+,36+,37?,39?,41-,42-,43-,44+,45-,47?,48-,49+,50-/m1/s1. The number of benzene rings is 1. The first-order valence-electron chi connectivity index (χ1n) is 23.5. The summed E-state index contributed by atoms with van der Waals surface area (Å²) in [6.07, 6.45) is -7.80. The number of aliphatic hydroxyl groups excluding tert-OH is 3. The number of carbonyl (C=O) groups is 2. The molecule has 3 aliphatic heterocycles. The van der Waals surface area contributed by atoms with Gasteiger partial charge in [-0.05, 0) is 98.0 Å². The third-order valence-electron chi connectivity index (χ3n) is 14.9. The Hall–Kier alpha value is -3.13. The van der Waals surface area contributed by atoms with Crippen LogP contribution in [0.5, 0.6) is 0 Å². The Balaban J connectivity index is 1.53. The number of hydrogen-bond acceptors (Lipinski definition) is 15. The summed E-state index contributed by atoms with van der Waals surface area (Å²) < 4.78 is 46.3. The van der Waals surface area contributed by atoms with E-state index in [1.54, 1.807) is 71.4 Å². The fourth-order valence-corrected chi connectivity index (χ4v) is 10.5. The smallest absolute Gasteiger partial charge is 0.311 e. The Morgan fingerprint density at radius 1 is 0.833 bits per heavy atom. The topological polar surface area (TPSA) is 205 Å². The molecule has 0 aliphatic carbocycles. The number of hydrogen-bond donors (Lipinski definition) is 4. The zero-order valence-electron chi connectivity index (χ0n) is 41.5. The highest BCUT2D eigenvalue weighted by Crippen LogP contribution is 2.42. The molecular formula is C50H78N2O14. The van der Waals surface area contributed by atoms with Gasteiger partial charge in [0.05, 0.1) is 47.6 Å². The molecule has 18 atom stereocenters. The average molecular weight is 931 g/mol. The molecule has 4 N–H and O–H groups in total. The molecule has 4 heterocycles. The Labute approximate surface area is 390 Å². The van der Waals surface area contributed by atoms with Crippen LogP contribution in [0.25, 0.3) is 5.69 Å². The van der Waals surface area contributed by atoms with Crippen LogP contribution in [0.2, 0.25) is 0 Å². The minimum atomic E-state index is -2.00. The molecule has 372 valence electrons. The number of aryl methyl sites for hydroxylation is 1. The monoisotopic (exact) mass is 931 g/mol. The van der Waals surface area contributed by atoms with Crippen LogP contribution in [-0.2, 0) is 49.3 Å². The number of ether oxygens (including phenoxy) is 7. The summed E-state index contributed by atoms with van der Waals surface area (Å²) in [7, 11) is 4.92. The number of likely N-dealkylation sites (N-methyl/N-ethyl adjacent to an activating group) is 1. The number of aliphatic hydroxyl groups is 4. The average Bonchev–Trinajstić information content (AvgIpc) is 3.28. The molecule has 0 amide bonds. The Kier molecular flexibility index (Phi) is 17.7. The molecule has 3 saturated heterocycles. The summed E-state index contributed by atoms with van der Waals surface area (Å²) in [5, 5.41) is 46.7. The second kappa shape index (κ2) is 21.7. The molecule has 1 aromatic carbocycles. The van der Waals surface area contributed by atoms with E-state index >= 15 is 0 Å². The van der Waals surface area contributed by atoms with E-state index in [0.717, 1.165) is 16.8 Å². The maximum absolute atomic E-state index is 14.4. The number of carbonyl (C=O) groups excluding carboxylic acids is 2. The van der Waals surface area contributed by atoms with Crippen LogP contribution in [-0.4, -0.2) is 147 Å². The van der Waals surface area contributed by atoms with Crippen molar-refractivity contribution >= 4 is 11.8 Å². The van der Waals surface area contributed by atoms with Crippen molar-refractivity contribution in [2.24, 2.45) is 23.7 Å². The molecule has 16 heteroatoms. The zero-order valence-corrected chi connectivity index (χ0v) is 41.5. The lowest BCUT2D eigenvalue weighted by Gasteiger charge is -2.50. The third kappa shape index (κ3) is 11.5. The number of rotatable bonds is 11.